The third-order valence-corrected chi connectivity index (χ3v) is 3.21. The van der Waals surface area contributed by atoms with Gasteiger partial charge in [-0.05, 0) is 42.0 Å². The maximum Gasteiger partial charge on any atom is 0.338 e. The van der Waals surface area contributed by atoms with Crippen LogP contribution in [-0.4, -0.2) is 12.6 Å². The molecule has 0 N–H and O–H groups in total. The van der Waals surface area contributed by atoms with Crippen molar-refractivity contribution in [1.82, 2.24) is 0 Å². The van der Waals surface area contributed by atoms with E-state index in [-0.39, 0.29) is 5.97 Å². The molecule has 0 unspecified atom stereocenters. The van der Waals surface area contributed by atoms with Crippen LogP contribution in [0.2, 0.25) is 5.02 Å². The summed E-state index contributed by atoms with van der Waals surface area (Å²) in [6.07, 6.45) is 0.752. The number of hydrogen-bond donors (Lipinski definition) is 0. The van der Waals surface area contributed by atoms with Crippen LogP contribution in [0, 0.1) is 0 Å². The van der Waals surface area contributed by atoms with Crippen molar-refractivity contribution < 1.29 is 14.3 Å². The first-order valence-corrected chi connectivity index (χ1v) is 6.34. The molecule has 1 aliphatic rings. The molecule has 96 valence electrons. The molecule has 0 aromatic heterocycles. The third kappa shape index (κ3) is 2.56. The summed E-state index contributed by atoms with van der Waals surface area (Å²) in [6.45, 7) is 0.448. The van der Waals surface area contributed by atoms with E-state index in [2.05, 4.69) is 0 Å². The Morgan fingerprint density at radius 1 is 1.05 bits per heavy atom. The first-order chi connectivity index (χ1) is 9.22. The van der Waals surface area contributed by atoms with Gasteiger partial charge < -0.3 is 9.47 Å². The number of rotatable bonds is 2. The number of halogens is 1. The van der Waals surface area contributed by atoms with Crippen molar-refractivity contribution in [2.45, 2.75) is 6.42 Å². The van der Waals surface area contributed by atoms with E-state index in [0.717, 1.165) is 12.0 Å². The minimum atomic E-state index is -0.289. The van der Waals surface area contributed by atoms with Crippen LogP contribution in [0.5, 0.6) is 11.5 Å². The second kappa shape index (κ2) is 4.94. The molecule has 0 fully saturated rings. The predicted octanol–water partition coefficient (Wildman–Crippen LogP) is 3.85. The highest BCUT2D eigenvalue weighted by atomic mass is 35.5. The number of fused-ring (bicyclic) bond motifs is 1. The average molecular weight is 275 g/mol. The summed E-state index contributed by atoms with van der Waals surface area (Å²) < 4.78 is 10.7. The normalized spacial score (nSPS) is 13.6. The molecular weight excluding hydrogens is 264 g/mol. The fourth-order valence-corrected chi connectivity index (χ4v) is 2.12. The molecule has 2 aromatic rings. The molecular formula is C15H11ClO3. The summed E-state index contributed by atoms with van der Waals surface area (Å²) in [6, 6.07) is 12.5. The Bertz CT molecular complexity index is 620. The van der Waals surface area contributed by atoms with E-state index in [1.807, 2.05) is 12.1 Å². The topological polar surface area (TPSA) is 35.5 Å². The molecule has 4 heteroatoms. The SMILES string of the molecule is O=C1OCCc2ccc(Oc3ccc(Cl)cc3)cc21. The Kier molecular flexibility index (Phi) is 3.13. The first-order valence-electron chi connectivity index (χ1n) is 5.96. The molecule has 0 amide bonds. The molecule has 3 rings (SSSR count). The van der Waals surface area contributed by atoms with Gasteiger partial charge in [-0.3, -0.25) is 0 Å². The fourth-order valence-electron chi connectivity index (χ4n) is 2.00. The number of cyclic esters (lactones) is 1. The molecule has 2 aromatic carbocycles. The van der Waals surface area contributed by atoms with Gasteiger partial charge in [0, 0.05) is 11.4 Å². The van der Waals surface area contributed by atoms with Crippen molar-refractivity contribution in [2.24, 2.45) is 0 Å². The van der Waals surface area contributed by atoms with Crippen LogP contribution in [-0.2, 0) is 11.2 Å². The van der Waals surface area contributed by atoms with Gasteiger partial charge in [0.2, 0.25) is 0 Å². The number of carbonyl (C=O) groups excluding carboxylic acids is 1. The lowest BCUT2D eigenvalue weighted by Crippen LogP contribution is -2.17. The van der Waals surface area contributed by atoms with Crippen LogP contribution in [0.3, 0.4) is 0 Å². The van der Waals surface area contributed by atoms with Crippen molar-refractivity contribution >= 4 is 17.6 Å². The van der Waals surface area contributed by atoms with Gasteiger partial charge in [-0.1, -0.05) is 17.7 Å². The van der Waals surface area contributed by atoms with Crippen molar-refractivity contribution in [1.29, 1.82) is 0 Å². The Balaban J connectivity index is 1.88. The summed E-state index contributed by atoms with van der Waals surface area (Å²) in [7, 11) is 0. The number of ether oxygens (including phenoxy) is 2. The van der Waals surface area contributed by atoms with E-state index in [1.165, 1.54) is 0 Å². The van der Waals surface area contributed by atoms with Gasteiger partial charge in [-0.2, -0.15) is 0 Å². The van der Waals surface area contributed by atoms with Crippen molar-refractivity contribution in [3.63, 3.8) is 0 Å². The molecule has 0 bridgehead atoms. The molecule has 3 nitrogen and oxygen atoms in total. The molecule has 0 saturated heterocycles. The lowest BCUT2D eigenvalue weighted by Gasteiger charge is -2.16. The van der Waals surface area contributed by atoms with Crippen molar-refractivity contribution in [2.75, 3.05) is 6.61 Å². The highest BCUT2D eigenvalue weighted by Gasteiger charge is 2.19. The van der Waals surface area contributed by atoms with E-state index < -0.39 is 0 Å². The summed E-state index contributed by atoms with van der Waals surface area (Å²) >= 11 is 5.81. The van der Waals surface area contributed by atoms with Gasteiger partial charge in [0.1, 0.15) is 11.5 Å². The highest BCUT2D eigenvalue weighted by Crippen LogP contribution is 2.27. The smallest absolute Gasteiger partial charge is 0.338 e. The molecule has 0 radical (unpaired) electrons. The predicted molar refractivity (Wildman–Crippen MR) is 72.0 cm³/mol. The zero-order valence-electron chi connectivity index (χ0n) is 10.1. The molecule has 1 aliphatic heterocycles. The molecule has 0 atom stereocenters. The van der Waals surface area contributed by atoms with Crippen LogP contribution in [0.25, 0.3) is 0 Å². The first kappa shape index (κ1) is 12.1. The number of hydrogen-bond acceptors (Lipinski definition) is 3. The van der Waals surface area contributed by atoms with E-state index in [1.54, 1.807) is 30.3 Å². The molecule has 0 saturated carbocycles. The van der Waals surface area contributed by atoms with Gasteiger partial charge in [0.05, 0.1) is 12.2 Å². The Labute approximate surface area is 115 Å². The molecule has 1 heterocycles. The standard InChI is InChI=1S/C15H11ClO3/c16-11-2-5-12(6-3-11)19-13-4-1-10-7-8-18-15(17)14(10)9-13/h1-6,9H,7-8H2. The number of benzene rings is 2. The minimum absolute atomic E-state index is 0.289. The number of carbonyl (C=O) groups is 1. The Morgan fingerprint density at radius 3 is 2.58 bits per heavy atom. The van der Waals surface area contributed by atoms with E-state index in [9.17, 15) is 4.79 Å². The summed E-state index contributed by atoms with van der Waals surface area (Å²) in [5, 5.41) is 0.654. The zero-order chi connectivity index (χ0) is 13.2. The maximum absolute atomic E-state index is 11.6. The number of esters is 1. The van der Waals surface area contributed by atoms with Crippen LogP contribution in [0.15, 0.2) is 42.5 Å². The van der Waals surface area contributed by atoms with Gasteiger partial charge in [0.25, 0.3) is 0 Å². The van der Waals surface area contributed by atoms with Crippen LogP contribution in [0.4, 0.5) is 0 Å². The van der Waals surface area contributed by atoms with E-state index >= 15 is 0 Å². The highest BCUT2D eigenvalue weighted by molar-refractivity contribution is 6.30. The van der Waals surface area contributed by atoms with Gasteiger partial charge in [0.15, 0.2) is 0 Å². The van der Waals surface area contributed by atoms with Crippen LogP contribution >= 0.6 is 11.6 Å². The van der Waals surface area contributed by atoms with Crippen LogP contribution in [0.1, 0.15) is 15.9 Å². The van der Waals surface area contributed by atoms with Gasteiger partial charge in [-0.25, -0.2) is 4.79 Å². The fraction of sp³-hybridized carbons (Fsp3) is 0.133. The molecule has 0 aliphatic carbocycles. The Hall–Kier alpha value is -2.00. The van der Waals surface area contributed by atoms with Gasteiger partial charge in [-0.15, -0.1) is 0 Å². The van der Waals surface area contributed by atoms with E-state index in [4.69, 9.17) is 21.1 Å². The van der Waals surface area contributed by atoms with Gasteiger partial charge >= 0.3 is 5.97 Å². The summed E-state index contributed by atoms with van der Waals surface area (Å²) in [5.41, 5.74) is 1.58. The molecule has 0 spiro atoms. The quantitative estimate of drug-likeness (QED) is 0.781. The maximum atomic E-state index is 11.6. The van der Waals surface area contributed by atoms with Crippen molar-refractivity contribution in [3.05, 3.63) is 58.6 Å². The monoisotopic (exact) mass is 274 g/mol. The second-order valence-electron chi connectivity index (χ2n) is 4.26. The lowest BCUT2D eigenvalue weighted by atomic mass is 10.0. The van der Waals surface area contributed by atoms with Crippen molar-refractivity contribution in [3.8, 4) is 11.5 Å². The average Bonchev–Trinajstić information content (AvgIpc) is 2.42. The van der Waals surface area contributed by atoms with E-state index in [0.29, 0.717) is 28.7 Å². The minimum Gasteiger partial charge on any atom is -0.462 e. The second-order valence-corrected chi connectivity index (χ2v) is 4.70. The lowest BCUT2D eigenvalue weighted by molar-refractivity contribution is 0.0480. The van der Waals surface area contributed by atoms with Crippen LogP contribution < -0.4 is 4.74 Å². The largest absolute Gasteiger partial charge is 0.462 e. The molecule has 19 heavy (non-hydrogen) atoms. The third-order valence-electron chi connectivity index (χ3n) is 2.96. The zero-order valence-corrected chi connectivity index (χ0v) is 10.8. The summed E-state index contributed by atoms with van der Waals surface area (Å²) in [4.78, 5) is 11.6. The summed E-state index contributed by atoms with van der Waals surface area (Å²) in [5.74, 6) is 0.997. The Morgan fingerprint density at radius 2 is 1.79 bits per heavy atom.